The van der Waals surface area contributed by atoms with Gasteiger partial charge in [0.05, 0.1) is 18.1 Å². The Morgan fingerprint density at radius 3 is 1.49 bits per heavy atom. The fraction of sp³-hybridized carbons (Fsp3) is 0.594. The van der Waals surface area contributed by atoms with Crippen LogP contribution in [-0.2, 0) is 41.6 Å². The molecule has 2 saturated heterocycles. The second-order valence-electron chi connectivity index (χ2n) is 24.1. The van der Waals surface area contributed by atoms with Crippen molar-refractivity contribution in [3.63, 3.8) is 0 Å². The number of carbonyl (C=O) groups excluding carboxylic acids is 8. The van der Waals surface area contributed by atoms with Crippen LogP contribution in [0, 0.1) is 23.7 Å². The number of likely N-dealkylation sites (N-methyl/N-ethyl adjacent to an activating group) is 1. The second kappa shape index (κ2) is 26.9. The van der Waals surface area contributed by atoms with Gasteiger partial charge in [-0.1, -0.05) is 101 Å². The molecule has 4 fully saturated rings. The van der Waals surface area contributed by atoms with Crippen molar-refractivity contribution in [3.8, 4) is 0 Å². The zero-order valence-electron chi connectivity index (χ0n) is 47.6. The summed E-state index contributed by atoms with van der Waals surface area (Å²) in [6.07, 6.45) is 15.6. The van der Waals surface area contributed by atoms with Crippen molar-refractivity contribution in [2.75, 3.05) is 20.1 Å². The summed E-state index contributed by atoms with van der Waals surface area (Å²) in [6.45, 7) is 5.77. The van der Waals surface area contributed by atoms with Gasteiger partial charge in [0.1, 0.15) is 23.9 Å². The topological polar surface area (TPSA) is 215 Å². The number of hydrogen-bond donors (Lipinski definition) is 6. The number of ketones is 1. The van der Waals surface area contributed by atoms with Crippen LogP contribution < -0.4 is 31.9 Å². The van der Waals surface area contributed by atoms with E-state index in [0.29, 0.717) is 6.42 Å². The molecule has 0 bridgehead atoms. The third kappa shape index (κ3) is 13.7. The van der Waals surface area contributed by atoms with Crippen molar-refractivity contribution in [1.82, 2.24) is 41.7 Å². The summed E-state index contributed by atoms with van der Waals surface area (Å²) in [5.41, 5.74) is 5.10. The number of Topliss-reactive ketones (excluding diaryl/α,β-unsaturated/α-hetero) is 1. The van der Waals surface area contributed by atoms with E-state index in [2.05, 4.69) is 44.0 Å². The summed E-state index contributed by atoms with van der Waals surface area (Å²) in [7, 11) is 1.73. The molecule has 3 aromatic rings. The molecule has 6 N–H and O–H groups in total. The third-order valence-electron chi connectivity index (χ3n) is 18.8. The van der Waals surface area contributed by atoms with Crippen LogP contribution in [0.5, 0.6) is 0 Å². The van der Waals surface area contributed by atoms with Gasteiger partial charge in [0, 0.05) is 54.6 Å². The summed E-state index contributed by atoms with van der Waals surface area (Å²) in [6, 6.07) is 17.9. The standard InChI is InChI=1S/C64H86N8O8/c1-5-39(2)58(74)70-57(44-22-10-7-11-23-44)64(80)72-38-48(35-55(72)62(78)69-53-29-17-25-42-21-13-15-27-50(42)53)67-60(76)46-32-30-45(31-33-46)59(75)66-47-34-54(61(77)68-52-28-16-24-41-20-12-14-26-49(41)52)71(37-47)63(79)51(36-56(73)40(3)65-4)43-18-8-6-9-19-43/h12-15,20-21,26-27,30-33,39-40,43-44,47-48,51-55,57,65H,5-11,16-19,22-25,28-29,34-38H2,1-4H3,(H,66,75)(H,67,76)(H,68,77)(H,69,78)(H,70,74)/t39-,40+,47+,48+,51+,52-,53-,54+,55+,57+/m1/s1. The van der Waals surface area contributed by atoms with Gasteiger partial charge < -0.3 is 41.7 Å². The molecular weight excluding hydrogens is 1010 g/mol. The van der Waals surface area contributed by atoms with Crippen LogP contribution in [0.2, 0.25) is 0 Å². The molecule has 2 aliphatic heterocycles. The second-order valence-corrected chi connectivity index (χ2v) is 24.1. The molecule has 3 aromatic carbocycles. The maximum atomic E-state index is 15.0. The Kier molecular flexibility index (Phi) is 19.6. The molecule has 0 radical (unpaired) electrons. The molecule has 2 heterocycles. The van der Waals surface area contributed by atoms with Crippen LogP contribution in [0.3, 0.4) is 0 Å². The Morgan fingerprint density at radius 1 is 0.550 bits per heavy atom. The molecule has 0 aromatic heterocycles. The first kappa shape index (κ1) is 58.2. The lowest BCUT2D eigenvalue weighted by Crippen LogP contribution is -2.57. The van der Waals surface area contributed by atoms with Crippen molar-refractivity contribution in [2.24, 2.45) is 23.7 Å². The normalized spacial score (nSPS) is 24.7. The SMILES string of the molecule is CC[C@@H](C)C(=O)N[C@H](C(=O)N1C[C@@H](NC(=O)c2ccc(C(=O)N[C@H]3C[C@@H](C(=O)N[C@@H]4CCCc5ccccc54)N(C(=O)[C@@H](CC(=O)[C@H](C)NC)C4CCCCC4)C3)cc2)C[C@H]1C(=O)N[C@@H]1CCCc2ccccc21)C1CCCCC1. The monoisotopic (exact) mass is 1090 g/mol. The number of likely N-dealkylation sites (tertiary alicyclic amines) is 2. The van der Waals surface area contributed by atoms with Gasteiger partial charge in [0.25, 0.3) is 11.8 Å². The van der Waals surface area contributed by atoms with Crippen molar-refractivity contribution >= 4 is 47.1 Å². The molecule has 2 saturated carbocycles. The van der Waals surface area contributed by atoms with Gasteiger partial charge >= 0.3 is 0 Å². The lowest BCUT2D eigenvalue weighted by Gasteiger charge is -2.35. The van der Waals surface area contributed by atoms with E-state index in [1.807, 2.05) is 50.2 Å². The maximum absolute atomic E-state index is 15.0. The van der Waals surface area contributed by atoms with Crippen molar-refractivity contribution in [2.45, 2.75) is 198 Å². The van der Waals surface area contributed by atoms with Gasteiger partial charge in [-0.2, -0.15) is 0 Å². The number of nitrogens with one attached hydrogen (secondary N) is 6. The lowest BCUT2D eigenvalue weighted by molar-refractivity contribution is -0.145. The van der Waals surface area contributed by atoms with E-state index in [-0.39, 0.29) is 109 Å². The Bertz CT molecular complexity index is 2540. The number of hydrogen-bond acceptors (Lipinski definition) is 9. The largest absolute Gasteiger partial charge is 0.347 e. The van der Waals surface area contributed by atoms with Crippen molar-refractivity contribution in [3.05, 3.63) is 106 Å². The van der Waals surface area contributed by atoms with Gasteiger partial charge in [0.15, 0.2) is 0 Å². The molecule has 0 spiro atoms. The number of carbonyl (C=O) groups is 8. The number of nitrogens with zero attached hydrogens (tertiary/aromatic N) is 2. The summed E-state index contributed by atoms with van der Waals surface area (Å²) < 4.78 is 0. The Balaban J connectivity index is 0.896. The lowest BCUT2D eigenvalue weighted by atomic mass is 9.76. The predicted octanol–water partition coefficient (Wildman–Crippen LogP) is 7.35. The Labute approximate surface area is 472 Å². The molecule has 80 heavy (non-hydrogen) atoms. The third-order valence-corrected chi connectivity index (χ3v) is 18.8. The van der Waals surface area contributed by atoms with Gasteiger partial charge in [-0.25, -0.2) is 0 Å². The molecular formula is C64H86N8O8. The van der Waals surface area contributed by atoms with Crippen LogP contribution >= 0.6 is 0 Å². The van der Waals surface area contributed by atoms with Crippen LogP contribution in [0.4, 0.5) is 0 Å². The molecule has 9 rings (SSSR count). The summed E-state index contributed by atoms with van der Waals surface area (Å²) in [5.74, 6) is -3.13. The smallest absolute Gasteiger partial charge is 0.251 e. The van der Waals surface area contributed by atoms with E-state index in [1.165, 1.54) is 11.1 Å². The predicted molar refractivity (Wildman–Crippen MR) is 306 cm³/mol. The van der Waals surface area contributed by atoms with Gasteiger partial charge in [-0.05, 0) is 156 Å². The number of rotatable bonds is 19. The molecule has 16 heteroatoms. The molecule has 16 nitrogen and oxygen atoms in total. The molecule has 10 atom stereocenters. The molecule has 430 valence electrons. The fourth-order valence-electron chi connectivity index (χ4n) is 13.8. The minimum absolute atomic E-state index is 0.00995. The fourth-order valence-corrected chi connectivity index (χ4v) is 13.8. The highest BCUT2D eigenvalue weighted by molar-refractivity contribution is 5.99. The van der Waals surface area contributed by atoms with E-state index in [4.69, 9.17) is 0 Å². The summed E-state index contributed by atoms with van der Waals surface area (Å²) in [5, 5.41) is 18.9. The van der Waals surface area contributed by atoms with Crippen molar-refractivity contribution < 1.29 is 38.4 Å². The van der Waals surface area contributed by atoms with E-state index >= 15 is 0 Å². The molecule has 0 unspecified atom stereocenters. The number of amides is 7. The maximum Gasteiger partial charge on any atom is 0.251 e. The number of fused-ring (bicyclic) bond motifs is 2. The first-order chi connectivity index (χ1) is 38.7. The Morgan fingerprint density at radius 2 is 1.01 bits per heavy atom. The zero-order chi connectivity index (χ0) is 56.5. The quantitative estimate of drug-likeness (QED) is 0.0707. The number of benzene rings is 3. The Hall–Kier alpha value is -6.42. The van der Waals surface area contributed by atoms with E-state index < -0.39 is 54.0 Å². The molecule has 7 amide bonds. The summed E-state index contributed by atoms with van der Waals surface area (Å²) >= 11 is 0. The number of aryl methyl sites for hydroxylation is 2. The van der Waals surface area contributed by atoms with Crippen LogP contribution in [0.1, 0.15) is 191 Å². The van der Waals surface area contributed by atoms with E-state index in [1.54, 1.807) is 48.0 Å². The van der Waals surface area contributed by atoms with Gasteiger partial charge in [-0.3, -0.25) is 38.4 Å². The van der Waals surface area contributed by atoms with E-state index in [9.17, 15) is 38.4 Å². The van der Waals surface area contributed by atoms with Crippen LogP contribution in [0.25, 0.3) is 0 Å². The van der Waals surface area contributed by atoms with Gasteiger partial charge in [-0.15, -0.1) is 0 Å². The average Bonchev–Trinajstić information content (AvgIpc) is 4.12. The van der Waals surface area contributed by atoms with Crippen LogP contribution in [-0.4, -0.2) is 113 Å². The minimum atomic E-state index is -0.890. The minimum Gasteiger partial charge on any atom is -0.347 e. The first-order valence-electron chi connectivity index (χ1n) is 30.3. The zero-order valence-corrected chi connectivity index (χ0v) is 47.6. The highest BCUT2D eigenvalue weighted by Gasteiger charge is 2.47. The highest BCUT2D eigenvalue weighted by Crippen LogP contribution is 2.37. The first-order valence-corrected chi connectivity index (χ1v) is 30.3. The average molecular weight is 1100 g/mol. The molecule has 6 aliphatic rings. The highest BCUT2D eigenvalue weighted by atomic mass is 16.2. The van der Waals surface area contributed by atoms with Crippen molar-refractivity contribution in [1.29, 1.82) is 0 Å². The van der Waals surface area contributed by atoms with Crippen LogP contribution in [0.15, 0.2) is 72.8 Å². The van der Waals surface area contributed by atoms with E-state index in [0.717, 1.165) is 114 Å². The summed E-state index contributed by atoms with van der Waals surface area (Å²) in [4.78, 5) is 117. The van der Waals surface area contributed by atoms with Gasteiger partial charge in [0.2, 0.25) is 29.5 Å². The molecule has 4 aliphatic carbocycles.